The zero-order valence-corrected chi connectivity index (χ0v) is 28.1. The Labute approximate surface area is 297 Å². The van der Waals surface area contributed by atoms with Gasteiger partial charge in [-0.3, -0.25) is 0 Å². The lowest BCUT2D eigenvalue weighted by atomic mass is 9.89. The van der Waals surface area contributed by atoms with Crippen molar-refractivity contribution in [2.24, 2.45) is 0 Å². The smallest absolute Gasteiger partial charge is 0.0547 e. The highest BCUT2D eigenvalue weighted by atomic mass is 15.0. The Kier molecular flexibility index (Phi) is 6.15. The standard InChI is InChI=1S/C50H33N/c1-2-13-32(14-3-1)50-43-20-7-6-17-39(43)46-29-33(26-28-44(46)50)34-25-27-42-41-19-9-11-24-48(41)51(49(42)31-34)47-23-10-8-18-40(47)38-22-12-21-37-36-16-5-4-15-35(36)30-45(37)38/h1-29,31,50H,30H2. The van der Waals surface area contributed by atoms with Gasteiger partial charge in [-0.15, -0.1) is 0 Å². The lowest BCUT2D eigenvalue weighted by molar-refractivity contribution is 1.02. The van der Waals surface area contributed by atoms with E-state index in [1.165, 1.54) is 99.8 Å². The number of fused-ring (bicyclic) bond motifs is 9. The molecule has 9 aromatic rings. The van der Waals surface area contributed by atoms with E-state index in [-0.39, 0.29) is 5.92 Å². The first-order valence-corrected chi connectivity index (χ1v) is 17.9. The number of benzene rings is 8. The van der Waals surface area contributed by atoms with E-state index in [0.29, 0.717) is 0 Å². The number of aromatic nitrogens is 1. The number of rotatable bonds is 4. The minimum Gasteiger partial charge on any atom is -0.309 e. The second-order valence-corrected chi connectivity index (χ2v) is 14.0. The Morgan fingerprint density at radius 3 is 1.92 bits per heavy atom. The van der Waals surface area contributed by atoms with E-state index in [1.54, 1.807) is 0 Å². The maximum absolute atomic E-state index is 2.50. The summed E-state index contributed by atoms with van der Waals surface area (Å²) < 4.78 is 2.50. The molecule has 1 atom stereocenters. The minimum atomic E-state index is 0.250. The van der Waals surface area contributed by atoms with Gasteiger partial charge >= 0.3 is 0 Å². The van der Waals surface area contributed by atoms with Crippen molar-refractivity contribution in [3.8, 4) is 50.2 Å². The van der Waals surface area contributed by atoms with Gasteiger partial charge in [-0.2, -0.15) is 0 Å². The summed E-state index contributed by atoms with van der Waals surface area (Å²) in [5.41, 5.74) is 21.0. The van der Waals surface area contributed by atoms with E-state index in [4.69, 9.17) is 0 Å². The highest BCUT2D eigenvalue weighted by molar-refractivity contribution is 6.11. The first kappa shape index (κ1) is 28.4. The molecule has 0 bridgehead atoms. The summed E-state index contributed by atoms with van der Waals surface area (Å²) in [7, 11) is 0. The van der Waals surface area contributed by atoms with Gasteiger partial charge in [0.25, 0.3) is 0 Å². The summed E-state index contributed by atoms with van der Waals surface area (Å²) in [6, 6.07) is 67.6. The third-order valence-electron chi connectivity index (χ3n) is 11.4. The molecular formula is C50H33N. The second kappa shape index (κ2) is 11.0. The predicted octanol–water partition coefficient (Wildman–Crippen LogP) is 12.8. The Morgan fingerprint density at radius 2 is 1.02 bits per heavy atom. The fraction of sp³-hybridized carbons (Fsp3) is 0.0400. The number of nitrogens with zero attached hydrogens (tertiary/aromatic N) is 1. The molecule has 0 aliphatic heterocycles. The van der Waals surface area contributed by atoms with Gasteiger partial charge in [0.1, 0.15) is 0 Å². The Balaban J connectivity index is 1.10. The molecule has 238 valence electrons. The summed E-state index contributed by atoms with van der Waals surface area (Å²) >= 11 is 0. The molecule has 0 fully saturated rings. The van der Waals surface area contributed by atoms with Crippen LogP contribution in [0.25, 0.3) is 72.0 Å². The average molecular weight is 648 g/mol. The van der Waals surface area contributed by atoms with Crippen LogP contribution in [0.2, 0.25) is 0 Å². The summed E-state index contributed by atoms with van der Waals surface area (Å²) in [6.45, 7) is 0. The van der Waals surface area contributed by atoms with Gasteiger partial charge in [0.15, 0.2) is 0 Å². The van der Waals surface area contributed by atoms with Gasteiger partial charge in [-0.05, 0) is 97.4 Å². The predicted molar refractivity (Wildman–Crippen MR) is 213 cm³/mol. The maximum atomic E-state index is 2.50. The van der Waals surface area contributed by atoms with Crippen LogP contribution in [0, 0.1) is 0 Å². The van der Waals surface area contributed by atoms with Gasteiger partial charge in [-0.25, -0.2) is 0 Å². The van der Waals surface area contributed by atoms with Crippen LogP contribution in [-0.4, -0.2) is 4.57 Å². The van der Waals surface area contributed by atoms with Gasteiger partial charge in [0.2, 0.25) is 0 Å². The normalized spacial score (nSPS) is 14.0. The molecule has 0 saturated heterocycles. The highest BCUT2D eigenvalue weighted by Crippen LogP contribution is 2.49. The third kappa shape index (κ3) is 4.22. The third-order valence-corrected chi connectivity index (χ3v) is 11.4. The summed E-state index contributed by atoms with van der Waals surface area (Å²) in [4.78, 5) is 0. The van der Waals surface area contributed by atoms with E-state index in [1.807, 2.05) is 0 Å². The fourth-order valence-corrected chi connectivity index (χ4v) is 9.10. The van der Waals surface area contributed by atoms with Crippen LogP contribution < -0.4 is 0 Å². The van der Waals surface area contributed by atoms with Crippen LogP contribution in [0.5, 0.6) is 0 Å². The van der Waals surface area contributed by atoms with E-state index >= 15 is 0 Å². The fourth-order valence-electron chi connectivity index (χ4n) is 9.10. The Hall–Kier alpha value is -6.44. The van der Waals surface area contributed by atoms with Crippen LogP contribution in [0.1, 0.15) is 33.7 Å². The molecule has 2 aliphatic carbocycles. The first-order valence-electron chi connectivity index (χ1n) is 17.9. The van der Waals surface area contributed by atoms with E-state index < -0.39 is 0 Å². The molecule has 51 heavy (non-hydrogen) atoms. The van der Waals surface area contributed by atoms with Crippen LogP contribution in [0.4, 0.5) is 0 Å². The van der Waals surface area contributed by atoms with Crippen LogP contribution in [-0.2, 0) is 6.42 Å². The van der Waals surface area contributed by atoms with Crippen molar-refractivity contribution in [2.75, 3.05) is 0 Å². The van der Waals surface area contributed by atoms with Crippen molar-refractivity contribution in [1.82, 2.24) is 4.57 Å². The minimum absolute atomic E-state index is 0.250. The van der Waals surface area contributed by atoms with Crippen molar-refractivity contribution in [3.05, 3.63) is 210 Å². The Bertz CT molecular complexity index is 2840. The van der Waals surface area contributed by atoms with Crippen molar-refractivity contribution >= 4 is 21.8 Å². The monoisotopic (exact) mass is 647 g/mol. The van der Waals surface area contributed by atoms with E-state index in [2.05, 4.69) is 187 Å². The van der Waals surface area contributed by atoms with Gasteiger partial charge in [-0.1, -0.05) is 158 Å². The van der Waals surface area contributed by atoms with Crippen molar-refractivity contribution in [2.45, 2.75) is 12.3 Å². The van der Waals surface area contributed by atoms with Gasteiger partial charge in [0.05, 0.1) is 16.7 Å². The summed E-state index contributed by atoms with van der Waals surface area (Å²) in [5.74, 6) is 0.250. The summed E-state index contributed by atoms with van der Waals surface area (Å²) in [5, 5.41) is 2.54. The molecule has 1 aromatic heterocycles. The van der Waals surface area contributed by atoms with Crippen LogP contribution >= 0.6 is 0 Å². The molecule has 1 nitrogen and oxygen atoms in total. The molecule has 11 rings (SSSR count). The quantitative estimate of drug-likeness (QED) is 0.179. The molecular weight excluding hydrogens is 615 g/mol. The van der Waals surface area contributed by atoms with Gasteiger partial charge in [0, 0.05) is 22.3 Å². The zero-order chi connectivity index (χ0) is 33.5. The molecule has 0 saturated carbocycles. The highest BCUT2D eigenvalue weighted by Gasteiger charge is 2.30. The molecule has 0 radical (unpaired) electrons. The second-order valence-electron chi connectivity index (χ2n) is 14.0. The van der Waals surface area contributed by atoms with Crippen molar-refractivity contribution in [1.29, 1.82) is 0 Å². The van der Waals surface area contributed by atoms with Crippen molar-refractivity contribution in [3.63, 3.8) is 0 Å². The largest absolute Gasteiger partial charge is 0.309 e. The summed E-state index contributed by atoms with van der Waals surface area (Å²) in [6.07, 6.45) is 0.958. The molecule has 0 spiro atoms. The zero-order valence-electron chi connectivity index (χ0n) is 28.1. The molecule has 1 unspecified atom stereocenters. The van der Waals surface area contributed by atoms with Crippen molar-refractivity contribution < 1.29 is 0 Å². The number of para-hydroxylation sites is 2. The van der Waals surface area contributed by atoms with Crippen LogP contribution in [0.15, 0.2) is 182 Å². The molecule has 8 aromatic carbocycles. The average Bonchev–Trinajstić information content (AvgIpc) is 3.85. The SMILES string of the molecule is c1ccc(C2c3ccccc3-c3cc(-c4ccc5c6ccccc6n(-c6ccccc6-c6cccc7c6Cc6ccccc6-7)c5c4)ccc32)cc1. The molecule has 1 heteroatoms. The molecule has 0 N–H and O–H groups in total. The molecule has 0 amide bonds. The Morgan fingerprint density at radius 1 is 0.392 bits per heavy atom. The topological polar surface area (TPSA) is 4.93 Å². The number of hydrogen-bond acceptors (Lipinski definition) is 0. The van der Waals surface area contributed by atoms with E-state index in [0.717, 1.165) is 6.42 Å². The number of hydrogen-bond donors (Lipinski definition) is 0. The lowest BCUT2D eigenvalue weighted by Gasteiger charge is -2.17. The van der Waals surface area contributed by atoms with Gasteiger partial charge < -0.3 is 4.57 Å². The van der Waals surface area contributed by atoms with E-state index in [9.17, 15) is 0 Å². The van der Waals surface area contributed by atoms with Crippen LogP contribution in [0.3, 0.4) is 0 Å². The molecule has 1 heterocycles. The maximum Gasteiger partial charge on any atom is 0.0547 e. The molecule has 2 aliphatic rings. The lowest BCUT2D eigenvalue weighted by Crippen LogP contribution is -1.99. The first-order chi connectivity index (χ1) is 25.3.